The summed E-state index contributed by atoms with van der Waals surface area (Å²) in [6, 6.07) is 0.405. The van der Waals surface area contributed by atoms with Crippen molar-refractivity contribution in [2.24, 2.45) is 4.99 Å². The van der Waals surface area contributed by atoms with Gasteiger partial charge >= 0.3 is 0 Å². The van der Waals surface area contributed by atoms with E-state index in [-0.39, 0.29) is 12.5 Å². The molecule has 6 nitrogen and oxygen atoms in total. The number of rotatable bonds is 8. The number of carbonyl (C=O) groups is 1. The lowest BCUT2D eigenvalue weighted by Crippen LogP contribution is -2.40. The molecule has 23 heavy (non-hydrogen) atoms. The number of nitrogens with one attached hydrogen (secondary N) is 3. The number of amides is 1. The molecule has 1 aliphatic heterocycles. The highest BCUT2D eigenvalue weighted by atomic mass is 16.2. The minimum atomic E-state index is 0.0225. The summed E-state index contributed by atoms with van der Waals surface area (Å²) in [6.45, 7) is 7.59. The minimum absolute atomic E-state index is 0.0225. The van der Waals surface area contributed by atoms with Gasteiger partial charge in [0, 0.05) is 19.1 Å². The summed E-state index contributed by atoms with van der Waals surface area (Å²) in [4.78, 5) is 18.6. The molecule has 0 atom stereocenters. The van der Waals surface area contributed by atoms with Crippen molar-refractivity contribution in [3.8, 4) is 0 Å². The van der Waals surface area contributed by atoms with Gasteiger partial charge in [-0.25, -0.2) is 4.99 Å². The van der Waals surface area contributed by atoms with Crippen LogP contribution in [0, 0.1) is 0 Å². The fraction of sp³-hybridized carbons (Fsp3) is 0.882. The summed E-state index contributed by atoms with van der Waals surface area (Å²) in [5, 5.41) is 9.49. The lowest BCUT2D eigenvalue weighted by atomic mass is 10.2. The molecule has 0 aromatic heterocycles. The number of hydrogen-bond donors (Lipinski definition) is 3. The standard InChI is InChI=1S/C17H33N5O/c1-2-18-17(20-14-16(23)21-15-8-9-15)19-10-7-13-22-11-5-3-4-6-12-22/h15H,2-14H2,1H3,(H,21,23)(H2,18,19,20). The van der Waals surface area contributed by atoms with Gasteiger partial charge in [-0.2, -0.15) is 0 Å². The van der Waals surface area contributed by atoms with E-state index >= 15 is 0 Å². The number of nitrogens with zero attached hydrogens (tertiary/aromatic N) is 2. The van der Waals surface area contributed by atoms with E-state index < -0.39 is 0 Å². The van der Waals surface area contributed by atoms with Gasteiger partial charge in [-0.3, -0.25) is 4.79 Å². The first-order chi connectivity index (χ1) is 11.3. The molecule has 132 valence electrons. The van der Waals surface area contributed by atoms with Gasteiger partial charge < -0.3 is 20.9 Å². The van der Waals surface area contributed by atoms with E-state index in [1.54, 1.807) is 0 Å². The zero-order chi connectivity index (χ0) is 16.3. The second-order valence-corrected chi connectivity index (χ2v) is 6.57. The molecular weight excluding hydrogens is 290 g/mol. The van der Waals surface area contributed by atoms with E-state index in [0.29, 0.717) is 6.04 Å². The molecule has 0 bridgehead atoms. The molecule has 0 aromatic carbocycles. The highest BCUT2D eigenvalue weighted by Crippen LogP contribution is 2.18. The Bertz CT molecular complexity index is 373. The van der Waals surface area contributed by atoms with Crippen LogP contribution in [0.1, 0.15) is 51.9 Å². The Balaban J connectivity index is 1.61. The van der Waals surface area contributed by atoms with Crippen LogP contribution < -0.4 is 16.0 Å². The third kappa shape index (κ3) is 8.21. The molecule has 0 radical (unpaired) electrons. The van der Waals surface area contributed by atoms with Crippen molar-refractivity contribution in [3.63, 3.8) is 0 Å². The van der Waals surface area contributed by atoms with Crippen LogP contribution >= 0.6 is 0 Å². The van der Waals surface area contributed by atoms with Gasteiger partial charge in [0.15, 0.2) is 5.96 Å². The van der Waals surface area contributed by atoms with Gasteiger partial charge in [0.05, 0.1) is 0 Å². The zero-order valence-corrected chi connectivity index (χ0v) is 14.6. The minimum Gasteiger partial charge on any atom is -0.357 e. The van der Waals surface area contributed by atoms with E-state index in [2.05, 4.69) is 25.8 Å². The Hall–Kier alpha value is -1.30. The summed E-state index contributed by atoms with van der Waals surface area (Å²) in [5.74, 6) is 0.767. The highest BCUT2D eigenvalue weighted by molar-refractivity contribution is 5.85. The number of aliphatic imine (C=N–C) groups is 1. The lowest BCUT2D eigenvalue weighted by Gasteiger charge is -2.20. The fourth-order valence-electron chi connectivity index (χ4n) is 2.86. The summed E-state index contributed by atoms with van der Waals surface area (Å²) in [6.07, 6.45) is 8.79. The van der Waals surface area contributed by atoms with E-state index in [9.17, 15) is 4.79 Å². The van der Waals surface area contributed by atoms with Crippen LogP contribution in [0.25, 0.3) is 0 Å². The quantitative estimate of drug-likeness (QED) is 0.355. The van der Waals surface area contributed by atoms with Crippen molar-refractivity contribution in [1.29, 1.82) is 0 Å². The average molecular weight is 323 g/mol. The number of likely N-dealkylation sites (tertiary alicyclic amines) is 1. The van der Waals surface area contributed by atoms with Crippen LogP contribution in [-0.4, -0.2) is 62.1 Å². The molecule has 1 saturated carbocycles. The first-order valence-corrected chi connectivity index (χ1v) is 9.32. The molecule has 1 aliphatic carbocycles. The number of carbonyl (C=O) groups excluding carboxylic acids is 1. The molecule has 3 N–H and O–H groups in total. The molecule has 1 amide bonds. The van der Waals surface area contributed by atoms with E-state index in [1.165, 1.54) is 38.8 Å². The summed E-state index contributed by atoms with van der Waals surface area (Å²) >= 11 is 0. The van der Waals surface area contributed by atoms with Crippen molar-refractivity contribution < 1.29 is 4.79 Å². The van der Waals surface area contributed by atoms with Gasteiger partial charge in [-0.15, -0.1) is 0 Å². The van der Waals surface area contributed by atoms with Gasteiger partial charge in [0.1, 0.15) is 6.54 Å². The van der Waals surface area contributed by atoms with Crippen molar-refractivity contribution in [1.82, 2.24) is 20.9 Å². The molecular formula is C17H33N5O. The van der Waals surface area contributed by atoms with E-state index in [4.69, 9.17) is 0 Å². The largest absolute Gasteiger partial charge is 0.357 e. The van der Waals surface area contributed by atoms with Gasteiger partial charge in [-0.05, 0) is 58.7 Å². The van der Waals surface area contributed by atoms with Crippen LogP contribution in [0.15, 0.2) is 4.99 Å². The molecule has 6 heteroatoms. The fourth-order valence-corrected chi connectivity index (χ4v) is 2.86. The topological polar surface area (TPSA) is 68.8 Å². The van der Waals surface area contributed by atoms with Gasteiger partial charge in [0.2, 0.25) is 5.91 Å². The second kappa shape index (κ2) is 10.5. The Kier molecular flexibility index (Phi) is 8.21. The normalized spacial score (nSPS) is 20.0. The van der Waals surface area contributed by atoms with Crippen molar-refractivity contribution in [3.05, 3.63) is 0 Å². The van der Waals surface area contributed by atoms with Crippen LogP contribution in [0.3, 0.4) is 0 Å². The van der Waals surface area contributed by atoms with Crippen LogP contribution in [0.2, 0.25) is 0 Å². The average Bonchev–Trinajstić information content (AvgIpc) is 3.36. The molecule has 1 heterocycles. The molecule has 2 fully saturated rings. The maximum atomic E-state index is 11.7. The first kappa shape index (κ1) is 18.0. The maximum absolute atomic E-state index is 11.7. The lowest BCUT2D eigenvalue weighted by molar-refractivity contribution is -0.119. The predicted octanol–water partition coefficient (Wildman–Crippen LogP) is 1.09. The summed E-state index contributed by atoms with van der Waals surface area (Å²) < 4.78 is 0. The molecule has 0 aromatic rings. The third-order valence-electron chi connectivity index (χ3n) is 4.31. The number of guanidine groups is 1. The smallest absolute Gasteiger partial charge is 0.242 e. The molecule has 1 saturated heterocycles. The van der Waals surface area contributed by atoms with Crippen LogP contribution in [0.5, 0.6) is 0 Å². The van der Waals surface area contributed by atoms with E-state index in [0.717, 1.165) is 44.9 Å². The first-order valence-electron chi connectivity index (χ1n) is 9.32. The number of hydrogen-bond acceptors (Lipinski definition) is 3. The van der Waals surface area contributed by atoms with Crippen LogP contribution in [-0.2, 0) is 4.79 Å². The molecule has 2 rings (SSSR count). The Morgan fingerprint density at radius 1 is 1.13 bits per heavy atom. The zero-order valence-electron chi connectivity index (χ0n) is 14.6. The van der Waals surface area contributed by atoms with Crippen molar-refractivity contribution in [2.45, 2.75) is 57.9 Å². The monoisotopic (exact) mass is 323 g/mol. The second-order valence-electron chi connectivity index (χ2n) is 6.57. The van der Waals surface area contributed by atoms with E-state index in [1.807, 2.05) is 6.92 Å². The van der Waals surface area contributed by atoms with Gasteiger partial charge in [0.25, 0.3) is 0 Å². The third-order valence-corrected chi connectivity index (χ3v) is 4.31. The molecule has 2 aliphatic rings. The Morgan fingerprint density at radius 3 is 2.52 bits per heavy atom. The molecule has 0 spiro atoms. The van der Waals surface area contributed by atoms with Gasteiger partial charge in [-0.1, -0.05) is 12.8 Å². The predicted molar refractivity (Wildman–Crippen MR) is 94.7 cm³/mol. The highest BCUT2D eigenvalue weighted by Gasteiger charge is 2.22. The maximum Gasteiger partial charge on any atom is 0.242 e. The molecule has 0 unspecified atom stereocenters. The summed E-state index contributed by atoms with van der Waals surface area (Å²) in [5.41, 5.74) is 0. The Morgan fingerprint density at radius 2 is 1.87 bits per heavy atom. The summed E-state index contributed by atoms with van der Waals surface area (Å²) in [7, 11) is 0. The Labute approximate surface area is 140 Å². The van der Waals surface area contributed by atoms with Crippen molar-refractivity contribution in [2.75, 3.05) is 39.3 Å². The SMILES string of the molecule is CCNC(=NCC(=O)NC1CC1)NCCCN1CCCCCC1. The van der Waals surface area contributed by atoms with Crippen LogP contribution in [0.4, 0.5) is 0 Å². The van der Waals surface area contributed by atoms with Crippen molar-refractivity contribution >= 4 is 11.9 Å².